The third-order valence-corrected chi connectivity index (χ3v) is 3.64. The zero-order valence-corrected chi connectivity index (χ0v) is 11.3. The van der Waals surface area contributed by atoms with E-state index in [0.29, 0.717) is 16.5 Å². The lowest BCUT2D eigenvalue weighted by molar-refractivity contribution is 0.0763. The average molecular weight is 268 g/mol. The highest BCUT2D eigenvalue weighted by atomic mass is 35.5. The summed E-state index contributed by atoms with van der Waals surface area (Å²) in [6.07, 6.45) is 5.36. The van der Waals surface area contributed by atoms with Crippen molar-refractivity contribution >= 4 is 17.5 Å². The Balaban J connectivity index is 1.98. The lowest BCUT2D eigenvalue weighted by atomic mass is 9.97. The van der Waals surface area contributed by atoms with Gasteiger partial charge in [-0.3, -0.25) is 9.78 Å². The van der Waals surface area contributed by atoms with Crippen LogP contribution in [0.2, 0.25) is 5.02 Å². The predicted octanol–water partition coefficient (Wildman–Crippen LogP) is 1.81. The summed E-state index contributed by atoms with van der Waals surface area (Å²) in [5, 5.41) is 3.74. The molecule has 0 unspecified atom stereocenters. The second-order valence-electron chi connectivity index (χ2n) is 4.73. The fraction of sp³-hybridized carbons (Fsp3) is 0.538. The van der Waals surface area contributed by atoms with Gasteiger partial charge >= 0.3 is 0 Å². The third kappa shape index (κ3) is 3.21. The average Bonchev–Trinajstić information content (AvgIpc) is 2.39. The number of nitrogens with one attached hydrogen (secondary N) is 1. The molecule has 1 aliphatic heterocycles. The van der Waals surface area contributed by atoms with Gasteiger partial charge in [-0.05, 0) is 37.9 Å². The molecular formula is C13H18ClN3O. The maximum atomic E-state index is 12.2. The van der Waals surface area contributed by atoms with Crippen molar-refractivity contribution in [1.29, 1.82) is 0 Å². The van der Waals surface area contributed by atoms with Gasteiger partial charge in [0.1, 0.15) is 0 Å². The largest absolute Gasteiger partial charge is 0.341 e. The third-order valence-electron chi connectivity index (χ3n) is 3.34. The van der Waals surface area contributed by atoms with E-state index in [1.165, 1.54) is 6.20 Å². The molecule has 1 aromatic heterocycles. The number of halogens is 1. The minimum Gasteiger partial charge on any atom is -0.341 e. The molecule has 1 saturated heterocycles. The number of aromatic nitrogens is 1. The number of carbonyl (C=O) groups excluding carboxylic acids is 1. The summed E-state index contributed by atoms with van der Waals surface area (Å²) in [6.45, 7) is 2.88. The molecule has 1 amide bonds. The fourth-order valence-electron chi connectivity index (χ4n) is 2.29. The van der Waals surface area contributed by atoms with Gasteiger partial charge in [0, 0.05) is 26.0 Å². The first-order valence-corrected chi connectivity index (χ1v) is 6.62. The number of nitrogens with zero attached hydrogens (tertiary/aromatic N) is 2. The summed E-state index contributed by atoms with van der Waals surface area (Å²) in [7, 11) is 1.83. The van der Waals surface area contributed by atoms with Gasteiger partial charge in [0.05, 0.1) is 10.6 Å². The molecule has 0 bridgehead atoms. The van der Waals surface area contributed by atoms with Crippen molar-refractivity contribution < 1.29 is 4.79 Å². The molecule has 0 radical (unpaired) electrons. The highest BCUT2D eigenvalue weighted by molar-refractivity contribution is 6.33. The van der Waals surface area contributed by atoms with Crippen molar-refractivity contribution in [2.24, 2.45) is 5.92 Å². The minimum absolute atomic E-state index is 0.0269. The molecule has 2 rings (SSSR count). The first kappa shape index (κ1) is 13.3. The molecule has 0 aromatic carbocycles. The van der Waals surface area contributed by atoms with E-state index >= 15 is 0 Å². The van der Waals surface area contributed by atoms with Gasteiger partial charge in [-0.15, -0.1) is 0 Å². The number of piperidine rings is 1. The van der Waals surface area contributed by atoms with Gasteiger partial charge in [0.2, 0.25) is 0 Å². The van der Waals surface area contributed by atoms with Crippen LogP contribution < -0.4 is 5.32 Å². The standard InChI is InChI=1S/C13H18ClN3O/c1-17(9-10-2-5-15-6-3-10)13(18)11-4-7-16-8-12(11)14/h4,7-8,10,15H,2-3,5-6,9H2,1H3. The summed E-state index contributed by atoms with van der Waals surface area (Å²) in [5.74, 6) is 0.557. The Morgan fingerprint density at radius 1 is 1.56 bits per heavy atom. The Kier molecular flexibility index (Phi) is 4.55. The summed E-state index contributed by atoms with van der Waals surface area (Å²) in [5.41, 5.74) is 0.531. The van der Waals surface area contributed by atoms with Crippen LogP contribution >= 0.6 is 11.6 Å². The molecule has 18 heavy (non-hydrogen) atoms. The Labute approximate surface area is 112 Å². The molecule has 1 N–H and O–H groups in total. The highest BCUT2D eigenvalue weighted by Gasteiger charge is 2.20. The number of hydrogen-bond acceptors (Lipinski definition) is 3. The number of hydrogen-bond donors (Lipinski definition) is 1. The molecule has 0 saturated carbocycles. The van der Waals surface area contributed by atoms with Crippen LogP contribution in [0.15, 0.2) is 18.5 Å². The van der Waals surface area contributed by atoms with Crippen molar-refractivity contribution in [2.45, 2.75) is 12.8 Å². The van der Waals surface area contributed by atoms with E-state index in [9.17, 15) is 4.79 Å². The predicted molar refractivity (Wildman–Crippen MR) is 71.8 cm³/mol. The van der Waals surface area contributed by atoms with E-state index in [1.807, 2.05) is 7.05 Å². The number of amides is 1. The van der Waals surface area contributed by atoms with E-state index in [-0.39, 0.29) is 5.91 Å². The van der Waals surface area contributed by atoms with Crippen LogP contribution in [0.25, 0.3) is 0 Å². The van der Waals surface area contributed by atoms with Crippen LogP contribution in [0.3, 0.4) is 0 Å². The number of pyridine rings is 1. The molecule has 4 nitrogen and oxygen atoms in total. The van der Waals surface area contributed by atoms with Crippen molar-refractivity contribution in [3.8, 4) is 0 Å². The fourth-order valence-corrected chi connectivity index (χ4v) is 2.49. The second-order valence-corrected chi connectivity index (χ2v) is 5.14. The second kappa shape index (κ2) is 6.16. The first-order chi connectivity index (χ1) is 8.68. The SMILES string of the molecule is CN(CC1CCNCC1)C(=O)c1ccncc1Cl. The molecule has 0 atom stereocenters. The Morgan fingerprint density at radius 3 is 2.94 bits per heavy atom. The maximum absolute atomic E-state index is 12.2. The van der Waals surface area contributed by atoms with Gasteiger partial charge in [-0.2, -0.15) is 0 Å². The van der Waals surface area contributed by atoms with Crippen LogP contribution in [0.1, 0.15) is 23.2 Å². The van der Waals surface area contributed by atoms with Crippen LogP contribution in [0.5, 0.6) is 0 Å². The lowest BCUT2D eigenvalue weighted by Crippen LogP contribution is -2.37. The van der Waals surface area contributed by atoms with E-state index in [2.05, 4.69) is 10.3 Å². The van der Waals surface area contributed by atoms with Gasteiger partial charge in [0.25, 0.3) is 5.91 Å². The van der Waals surface area contributed by atoms with Gasteiger partial charge in [-0.25, -0.2) is 0 Å². The van der Waals surface area contributed by atoms with Crippen LogP contribution in [0.4, 0.5) is 0 Å². The van der Waals surface area contributed by atoms with Gasteiger partial charge in [-0.1, -0.05) is 11.6 Å². The molecular weight excluding hydrogens is 250 g/mol. The highest BCUT2D eigenvalue weighted by Crippen LogP contribution is 2.18. The monoisotopic (exact) mass is 267 g/mol. The van der Waals surface area contributed by atoms with E-state index in [4.69, 9.17) is 11.6 Å². The van der Waals surface area contributed by atoms with E-state index in [0.717, 1.165) is 32.5 Å². The van der Waals surface area contributed by atoms with Crippen LogP contribution in [-0.2, 0) is 0 Å². The summed E-state index contributed by atoms with van der Waals surface area (Å²) >= 11 is 5.99. The normalized spacial score (nSPS) is 16.6. The number of rotatable bonds is 3. The Morgan fingerprint density at radius 2 is 2.28 bits per heavy atom. The molecule has 1 aliphatic rings. The summed E-state index contributed by atoms with van der Waals surface area (Å²) in [4.78, 5) is 17.9. The zero-order valence-electron chi connectivity index (χ0n) is 10.5. The molecule has 5 heteroatoms. The maximum Gasteiger partial charge on any atom is 0.255 e. The van der Waals surface area contributed by atoms with Crippen LogP contribution in [-0.4, -0.2) is 42.5 Å². The smallest absolute Gasteiger partial charge is 0.255 e. The molecule has 1 fully saturated rings. The Hall–Kier alpha value is -1.13. The van der Waals surface area contributed by atoms with E-state index in [1.54, 1.807) is 17.2 Å². The summed E-state index contributed by atoms with van der Waals surface area (Å²) < 4.78 is 0. The quantitative estimate of drug-likeness (QED) is 0.908. The van der Waals surface area contributed by atoms with Crippen molar-refractivity contribution in [2.75, 3.05) is 26.7 Å². The number of carbonyl (C=O) groups is 1. The lowest BCUT2D eigenvalue weighted by Gasteiger charge is -2.27. The molecule has 1 aromatic rings. The van der Waals surface area contributed by atoms with E-state index < -0.39 is 0 Å². The Bertz CT molecular complexity index is 418. The van der Waals surface area contributed by atoms with Gasteiger partial charge < -0.3 is 10.2 Å². The molecule has 0 spiro atoms. The molecule has 98 valence electrons. The first-order valence-electron chi connectivity index (χ1n) is 6.24. The van der Waals surface area contributed by atoms with Crippen molar-refractivity contribution in [1.82, 2.24) is 15.2 Å². The molecule has 0 aliphatic carbocycles. The van der Waals surface area contributed by atoms with Crippen molar-refractivity contribution in [3.05, 3.63) is 29.0 Å². The molecule has 2 heterocycles. The topological polar surface area (TPSA) is 45.2 Å². The van der Waals surface area contributed by atoms with Crippen molar-refractivity contribution in [3.63, 3.8) is 0 Å². The van der Waals surface area contributed by atoms with Crippen LogP contribution in [0, 0.1) is 5.92 Å². The van der Waals surface area contributed by atoms with Gasteiger partial charge in [0.15, 0.2) is 0 Å². The minimum atomic E-state index is -0.0269. The summed E-state index contributed by atoms with van der Waals surface area (Å²) in [6, 6.07) is 1.67. The zero-order chi connectivity index (χ0) is 13.0.